The molecule has 0 saturated carbocycles. The Balaban J connectivity index is 3.42. The van der Waals surface area contributed by atoms with E-state index >= 15 is 0 Å². The molecule has 0 spiro atoms. The number of benzene rings is 1. The Morgan fingerprint density at radius 2 is 2.13 bits per heavy atom. The van der Waals surface area contributed by atoms with E-state index in [9.17, 15) is 4.79 Å². The predicted molar refractivity (Wildman–Crippen MR) is 53.4 cm³/mol. The lowest BCUT2D eigenvalue weighted by atomic mass is 9.98. The zero-order valence-electron chi connectivity index (χ0n) is 8.32. The summed E-state index contributed by atoms with van der Waals surface area (Å²) in [5.41, 5.74) is 1.45. The molecule has 0 aromatic heterocycles. The Kier molecular flexibility index (Phi) is 3.42. The second kappa shape index (κ2) is 4.58. The Morgan fingerprint density at radius 1 is 1.47 bits per heavy atom. The smallest absolute Gasteiger partial charge is 0.336 e. The van der Waals surface area contributed by atoms with Gasteiger partial charge in [-0.1, -0.05) is 6.92 Å². The van der Waals surface area contributed by atoms with Crippen molar-refractivity contribution >= 4 is 5.97 Å². The Hall–Kier alpha value is -1.86. The van der Waals surface area contributed by atoms with Gasteiger partial charge >= 0.3 is 5.97 Å². The summed E-state index contributed by atoms with van der Waals surface area (Å²) >= 11 is 0. The zero-order chi connectivity index (χ0) is 11.4. The van der Waals surface area contributed by atoms with E-state index in [-0.39, 0.29) is 17.7 Å². The fourth-order valence-electron chi connectivity index (χ4n) is 1.42. The van der Waals surface area contributed by atoms with E-state index in [1.54, 1.807) is 0 Å². The van der Waals surface area contributed by atoms with Gasteiger partial charge in [0, 0.05) is 0 Å². The molecule has 0 aliphatic carbocycles. The number of rotatable bonds is 3. The van der Waals surface area contributed by atoms with Crippen LogP contribution in [0.5, 0.6) is 0 Å². The second-order valence-electron chi connectivity index (χ2n) is 3.10. The summed E-state index contributed by atoms with van der Waals surface area (Å²) in [5.74, 6) is -1.08. The first-order valence-electron chi connectivity index (χ1n) is 4.54. The second-order valence-corrected chi connectivity index (χ2v) is 3.10. The third-order valence-corrected chi connectivity index (χ3v) is 2.23. The topological polar surface area (TPSA) is 81.3 Å². The molecular weight excluding hydrogens is 194 g/mol. The van der Waals surface area contributed by atoms with E-state index in [1.165, 1.54) is 12.1 Å². The van der Waals surface area contributed by atoms with Crippen LogP contribution in [0.4, 0.5) is 0 Å². The summed E-state index contributed by atoms with van der Waals surface area (Å²) in [5, 5.41) is 26.7. The van der Waals surface area contributed by atoms with Gasteiger partial charge in [0.25, 0.3) is 0 Å². The van der Waals surface area contributed by atoms with Crippen molar-refractivity contribution in [3.63, 3.8) is 0 Å². The van der Waals surface area contributed by atoms with Crippen LogP contribution in [0, 0.1) is 11.3 Å². The predicted octanol–water partition coefficient (Wildman–Crippen LogP) is 1.31. The van der Waals surface area contributed by atoms with Gasteiger partial charge in [-0.2, -0.15) is 5.26 Å². The third kappa shape index (κ3) is 2.14. The van der Waals surface area contributed by atoms with Crippen LogP contribution in [0.2, 0.25) is 0 Å². The van der Waals surface area contributed by atoms with Crippen LogP contribution in [-0.2, 0) is 13.0 Å². The van der Waals surface area contributed by atoms with Gasteiger partial charge in [-0.3, -0.25) is 0 Å². The molecule has 0 aliphatic rings. The van der Waals surface area contributed by atoms with Crippen molar-refractivity contribution in [3.8, 4) is 6.07 Å². The van der Waals surface area contributed by atoms with E-state index in [2.05, 4.69) is 0 Å². The first kappa shape index (κ1) is 11.2. The monoisotopic (exact) mass is 205 g/mol. The summed E-state index contributed by atoms with van der Waals surface area (Å²) in [7, 11) is 0. The number of aromatic carboxylic acids is 1. The van der Waals surface area contributed by atoms with Crippen molar-refractivity contribution < 1.29 is 15.0 Å². The van der Waals surface area contributed by atoms with Gasteiger partial charge in [0.2, 0.25) is 0 Å². The van der Waals surface area contributed by atoms with Crippen LogP contribution in [-0.4, -0.2) is 16.2 Å². The molecule has 0 fully saturated rings. The minimum atomic E-state index is -1.08. The average molecular weight is 205 g/mol. The molecule has 0 heterocycles. The lowest BCUT2D eigenvalue weighted by Gasteiger charge is -2.07. The molecule has 0 saturated heterocycles. The van der Waals surface area contributed by atoms with E-state index < -0.39 is 5.97 Å². The normalized spacial score (nSPS) is 9.67. The summed E-state index contributed by atoms with van der Waals surface area (Å²) in [6.45, 7) is 1.47. The summed E-state index contributed by atoms with van der Waals surface area (Å²) in [6, 6.07) is 4.87. The first-order chi connectivity index (χ1) is 7.13. The third-order valence-electron chi connectivity index (χ3n) is 2.23. The Morgan fingerprint density at radius 3 is 2.53 bits per heavy atom. The number of hydrogen-bond acceptors (Lipinski definition) is 3. The molecule has 4 nitrogen and oxygen atoms in total. The zero-order valence-corrected chi connectivity index (χ0v) is 8.32. The van der Waals surface area contributed by atoms with E-state index in [0.29, 0.717) is 17.5 Å². The van der Waals surface area contributed by atoms with Crippen LogP contribution in [0.25, 0.3) is 0 Å². The highest BCUT2D eigenvalue weighted by atomic mass is 16.4. The summed E-state index contributed by atoms with van der Waals surface area (Å²) in [4.78, 5) is 10.9. The number of nitrogens with zero attached hydrogens (tertiary/aromatic N) is 1. The summed E-state index contributed by atoms with van der Waals surface area (Å²) < 4.78 is 0. The fourth-order valence-corrected chi connectivity index (χ4v) is 1.42. The van der Waals surface area contributed by atoms with E-state index in [4.69, 9.17) is 15.5 Å². The number of aliphatic hydroxyl groups excluding tert-OH is 1. The lowest BCUT2D eigenvalue weighted by Crippen LogP contribution is -2.05. The first-order valence-corrected chi connectivity index (χ1v) is 4.54. The van der Waals surface area contributed by atoms with Crippen molar-refractivity contribution in [2.45, 2.75) is 20.0 Å². The molecule has 0 radical (unpaired) electrons. The molecule has 0 aliphatic heterocycles. The van der Waals surface area contributed by atoms with Crippen molar-refractivity contribution in [3.05, 3.63) is 34.4 Å². The van der Waals surface area contributed by atoms with Crippen LogP contribution in [0.1, 0.15) is 34.0 Å². The molecule has 1 rings (SSSR count). The van der Waals surface area contributed by atoms with Crippen molar-refractivity contribution in [1.29, 1.82) is 5.26 Å². The Bertz CT molecular complexity index is 432. The van der Waals surface area contributed by atoms with Crippen molar-refractivity contribution in [1.82, 2.24) is 0 Å². The number of aliphatic hydroxyl groups is 1. The van der Waals surface area contributed by atoms with Gasteiger partial charge in [-0.05, 0) is 29.7 Å². The molecule has 15 heavy (non-hydrogen) atoms. The van der Waals surface area contributed by atoms with Crippen molar-refractivity contribution in [2.24, 2.45) is 0 Å². The molecule has 2 N–H and O–H groups in total. The van der Waals surface area contributed by atoms with Gasteiger partial charge in [-0.25, -0.2) is 4.79 Å². The van der Waals surface area contributed by atoms with E-state index in [0.717, 1.165) is 0 Å². The highest BCUT2D eigenvalue weighted by Gasteiger charge is 2.13. The fraction of sp³-hybridized carbons (Fsp3) is 0.273. The number of carboxylic acid groups (broad SMARTS) is 1. The average Bonchev–Trinajstić information content (AvgIpc) is 2.26. The quantitative estimate of drug-likeness (QED) is 0.779. The van der Waals surface area contributed by atoms with Crippen LogP contribution in [0.3, 0.4) is 0 Å². The molecule has 4 heteroatoms. The largest absolute Gasteiger partial charge is 0.478 e. The number of aryl methyl sites for hydroxylation is 1. The SMILES string of the molecule is CCc1cc(C(=O)O)c(CO)cc1C#N. The van der Waals surface area contributed by atoms with Crippen LogP contribution in [0.15, 0.2) is 12.1 Å². The number of nitriles is 1. The van der Waals surface area contributed by atoms with E-state index in [1.807, 2.05) is 13.0 Å². The van der Waals surface area contributed by atoms with Gasteiger partial charge in [0.05, 0.1) is 23.8 Å². The maximum Gasteiger partial charge on any atom is 0.336 e. The lowest BCUT2D eigenvalue weighted by molar-refractivity contribution is 0.0693. The molecule has 0 atom stereocenters. The molecule has 78 valence electrons. The molecule has 0 amide bonds. The van der Waals surface area contributed by atoms with Gasteiger partial charge in [0.1, 0.15) is 0 Å². The standard InChI is InChI=1S/C11H11NO3/c1-2-7-4-10(11(14)15)9(6-13)3-8(7)5-12/h3-4,13H,2,6H2,1H3,(H,14,15). The van der Waals surface area contributed by atoms with Crippen molar-refractivity contribution in [2.75, 3.05) is 0 Å². The van der Waals surface area contributed by atoms with Gasteiger partial charge < -0.3 is 10.2 Å². The Labute approximate surface area is 87.4 Å². The highest BCUT2D eigenvalue weighted by molar-refractivity contribution is 5.90. The minimum absolute atomic E-state index is 0.0633. The summed E-state index contributed by atoms with van der Waals surface area (Å²) in [6.07, 6.45) is 0.592. The van der Waals surface area contributed by atoms with Crippen LogP contribution >= 0.6 is 0 Å². The molecule has 0 unspecified atom stereocenters. The van der Waals surface area contributed by atoms with Gasteiger partial charge in [0.15, 0.2) is 0 Å². The molecule has 1 aromatic carbocycles. The molecule has 1 aromatic rings. The minimum Gasteiger partial charge on any atom is -0.478 e. The number of carbonyl (C=O) groups is 1. The maximum absolute atomic E-state index is 10.9. The van der Waals surface area contributed by atoms with Crippen LogP contribution < -0.4 is 0 Å². The number of carboxylic acids is 1. The van der Waals surface area contributed by atoms with Gasteiger partial charge in [-0.15, -0.1) is 0 Å². The molecular formula is C11H11NO3. The maximum atomic E-state index is 10.9. The number of hydrogen-bond donors (Lipinski definition) is 2. The molecule has 0 bridgehead atoms. The highest BCUT2D eigenvalue weighted by Crippen LogP contribution is 2.17.